The van der Waals surface area contributed by atoms with E-state index < -0.39 is 0 Å². The summed E-state index contributed by atoms with van der Waals surface area (Å²) in [5.41, 5.74) is 0. The van der Waals surface area contributed by atoms with Crippen molar-refractivity contribution in [2.45, 2.75) is 114 Å². The Morgan fingerprint density at radius 1 is 0.409 bits per heavy atom. The smallest absolute Gasteiger partial charge is 0.0487 e. The van der Waals surface area contributed by atoms with E-state index in [1.54, 1.807) is 95.2 Å². The van der Waals surface area contributed by atoms with Gasteiger partial charge in [0.15, 0.2) is 0 Å². The molecule has 3 aliphatic rings. The molecule has 0 aromatic carbocycles. The molecule has 0 aromatic heterocycles. The lowest BCUT2D eigenvalue weighted by molar-refractivity contribution is 0.359. The minimum Gasteiger partial charge on any atom is -0.0561 e. The molecule has 0 bridgehead atoms. The summed E-state index contributed by atoms with van der Waals surface area (Å²) >= 11 is 0. The molecule has 127 valence electrons. The van der Waals surface area contributed by atoms with Gasteiger partial charge in [0.2, 0.25) is 0 Å². The molecule has 0 atom stereocenters. The maximum atomic E-state index is 1.71. The van der Waals surface area contributed by atoms with Crippen molar-refractivity contribution in [3.05, 3.63) is 0 Å². The fourth-order valence-corrected chi connectivity index (χ4v) is 9.82. The van der Waals surface area contributed by atoms with Crippen molar-refractivity contribution in [1.29, 1.82) is 0 Å². The standard InChI is InChI=1S/C21H39Si/c1-4-10-19(11-5-1)16-22(17-20-12-6-2-7-13-20)18-21-14-8-3-9-15-21/h19-21H,1-18H2. The maximum absolute atomic E-state index is 1.71. The van der Waals surface area contributed by atoms with Gasteiger partial charge in [-0.25, -0.2) is 0 Å². The predicted octanol–water partition coefficient (Wildman–Crippen LogP) is 7.22. The summed E-state index contributed by atoms with van der Waals surface area (Å²) in [6.07, 6.45) is 23.4. The minimum absolute atomic E-state index is 0.0413. The van der Waals surface area contributed by atoms with Crippen molar-refractivity contribution in [2.24, 2.45) is 17.8 Å². The molecule has 22 heavy (non-hydrogen) atoms. The van der Waals surface area contributed by atoms with Crippen LogP contribution in [-0.4, -0.2) is 8.80 Å². The van der Waals surface area contributed by atoms with E-state index in [1.165, 1.54) is 19.3 Å². The molecule has 3 rings (SSSR count). The Kier molecular flexibility index (Phi) is 7.36. The third-order valence-electron chi connectivity index (χ3n) is 6.91. The fourth-order valence-electron chi connectivity index (χ4n) is 5.65. The Hall–Kier alpha value is 0.217. The molecule has 1 heteroatoms. The number of rotatable bonds is 6. The van der Waals surface area contributed by atoms with E-state index in [9.17, 15) is 0 Å². The van der Waals surface area contributed by atoms with Crippen molar-refractivity contribution in [3.8, 4) is 0 Å². The molecule has 0 spiro atoms. The van der Waals surface area contributed by atoms with Crippen LogP contribution in [0.2, 0.25) is 18.1 Å². The molecule has 0 aliphatic heterocycles. The zero-order chi connectivity index (χ0) is 15.0. The minimum atomic E-state index is -0.0413. The van der Waals surface area contributed by atoms with Gasteiger partial charge in [-0.15, -0.1) is 0 Å². The van der Waals surface area contributed by atoms with E-state index >= 15 is 0 Å². The van der Waals surface area contributed by atoms with Crippen molar-refractivity contribution < 1.29 is 0 Å². The molecule has 0 saturated heterocycles. The predicted molar refractivity (Wildman–Crippen MR) is 99.9 cm³/mol. The quantitative estimate of drug-likeness (QED) is 0.453. The molecule has 0 amide bonds. The van der Waals surface area contributed by atoms with Crippen LogP contribution in [0.3, 0.4) is 0 Å². The average molecular weight is 320 g/mol. The molecule has 1 radical (unpaired) electrons. The van der Waals surface area contributed by atoms with Gasteiger partial charge in [-0.05, 0) is 17.8 Å². The van der Waals surface area contributed by atoms with Gasteiger partial charge in [-0.3, -0.25) is 0 Å². The van der Waals surface area contributed by atoms with Gasteiger partial charge in [0.1, 0.15) is 0 Å². The summed E-state index contributed by atoms with van der Waals surface area (Å²) in [4.78, 5) is 0. The highest BCUT2D eigenvalue weighted by Gasteiger charge is 2.27. The van der Waals surface area contributed by atoms with Gasteiger partial charge < -0.3 is 0 Å². The molecule has 0 nitrogen and oxygen atoms in total. The van der Waals surface area contributed by atoms with E-state index in [0.29, 0.717) is 0 Å². The molecule has 0 aromatic rings. The van der Waals surface area contributed by atoms with Crippen molar-refractivity contribution in [1.82, 2.24) is 0 Å². The second-order valence-corrected chi connectivity index (χ2v) is 11.6. The Bertz CT molecular complexity index is 235. The SMILES string of the molecule is C1CCC(C[Si](CC2CCCCC2)CC2CCCCC2)CC1. The summed E-state index contributed by atoms with van der Waals surface area (Å²) in [6.45, 7) is 0. The average Bonchev–Trinajstić information content (AvgIpc) is 2.57. The van der Waals surface area contributed by atoms with Gasteiger partial charge >= 0.3 is 0 Å². The topological polar surface area (TPSA) is 0 Å². The monoisotopic (exact) mass is 319 g/mol. The molecular weight excluding hydrogens is 280 g/mol. The highest BCUT2D eigenvalue weighted by atomic mass is 28.3. The second kappa shape index (κ2) is 9.50. The van der Waals surface area contributed by atoms with Gasteiger partial charge in [0, 0.05) is 8.80 Å². The highest BCUT2D eigenvalue weighted by molar-refractivity contribution is 6.59. The van der Waals surface area contributed by atoms with Crippen LogP contribution in [0.15, 0.2) is 0 Å². The van der Waals surface area contributed by atoms with E-state index in [4.69, 9.17) is 0 Å². The van der Waals surface area contributed by atoms with Gasteiger partial charge in [-0.1, -0.05) is 114 Å². The Labute approximate surface area is 141 Å². The lowest BCUT2D eigenvalue weighted by Crippen LogP contribution is -2.26. The van der Waals surface area contributed by atoms with E-state index in [0.717, 1.165) is 17.8 Å². The van der Waals surface area contributed by atoms with E-state index in [2.05, 4.69) is 0 Å². The highest BCUT2D eigenvalue weighted by Crippen LogP contribution is 2.37. The lowest BCUT2D eigenvalue weighted by Gasteiger charge is -2.32. The van der Waals surface area contributed by atoms with Crippen LogP contribution in [0.1, 0.15) is 96.3 Å². The molecule has 3 fully saturated rings. The molecule has 0 N–H and O–H groups in total. The molecule has 0 unspecified atom stereocenters. The van der Waals surface area contributed by atoms with Gasteiger partial charge in [0.25, 0.3) is 0 Å². The summed E-state index contributed by atoms with van der Waals surface area (Å²) in [5, 5.41) is 0. The summed E-state index contributed by atoms with van der Waals surface area (Å²) in [5.74, 6) is 3.44. The number of hydrogen-bond donors (Lipinski definition) is 0. The first-order valence-corrected chi connectivity index (χ1v) is 12.9. The Morgan fingerprint density at radius 2 is 0.682 bits per heavy atom. The van der Waals surface area contributed by atoms with Crippen molar-refractivity contribution in [2.75, 3.05) is 0 Å². The van der Waals surface area contributed by atoms with E-state index in [1.807, 2.05) is 0 Å². The maximum Gasteiger partial charge on any atom is 0.0487 e. The van der Waals surface area contributed by atoms with E-state index in [-0.39, 0.29) is 8.80 Å². The Balaban J connectivity index is 1.50. The van der Waals surface area contributed by atoms with Crippen LogP contribution >= 0.6 is 0 Å². The zero-order valence-corrected chi connectivity index (χ0v) is 16.0. The first kappa shape index (κ1) is 17.1. The lowest BCUT2D eigenvalue weighted by atomic mass is 9.90. The third-order valence-corrected chi connectivity index (χ3v) is 10.4. The zero-order valence-electron chi connectivity index (χ0n) is 15.0. The summed E-state index contributed by atoms with van der Waals surface area (Å²) in [6, 6.07) is 5.12. The normalized spacial score (nSPS) is 26.6. The fraction of sp³-hybridized carbons (Fsp3) is 1.00. The second-order valence-electron chi connectivity index (χ2n) is 8.87. The van der Waals surface area contributed by atoms with Gasteiger partial charge in [0.05, 0.1) is 0 Å². The van der Waals surface area contributed by atoms with Crippen LogP contribution in [0, 0.1) is 17.8 Å². The van der Waals surface area contributed by atoms with Crippen LogP contribution in [-0.2, 0) is 0 Å². The van der Waals surface area contributed by atoms with Crippen LogP contribution in [0.5, 0.6) is 0 Å². The van der Waals surface area contributed by atoms with Crippen molar-refractivity contribution in [3.63, 3.8) is 0 Å². The molecule has 0 heterocycles. The van der Waals surface area contributed by atoms with Crippen LogP contribution < -0.4 is 0 Å². The number of hydrogen-bond acceptors (Lipinski definition) is 0. The summed E-state index contributed by atoms with van der Waals surface area (Å²) in [7, 11) is -0.0413. The summed E-state index contributed by atoms with van der Waals surface area (Å²) < 4.78 is 0. The molecular formula is C21H39Si. The van der Waals surface area contributed by atoms with Crippen LogP contribution in [0.25, 0.3) is 0 Å². The van der Waals surface area contributed by atoms with Crippen molar-refractivity contribution >= 4 is 8.80 Å². The largest absolute Gasteiger partial charge is 0.0561 e. The molecule has 3 aliphatic carbocycles. The molecule has 3 saturated carbocycles. The third kappa shape index (κ3) is 5.69. The first-order valence-electron chi connectivity index (χ1n) is 10.7. The van der Waals surface area contributed by atoms with Crippen LogP contribution in [0.4, 0.5) is 0 Å². The van der Waals surface area contributed by atoms with Gasteiger partial charge in [-0.2, -0.15) is 0 Å². The first-order chi connectivity index (χ1) is 10.9. The Morgan fingerprint density at radius 3 is 0.955 bits per heavy atom.